The monoisotopic (exact) mass is 363 g/mol. The second kappa shape index (κ2) is 9.85. The maximum Gasteiger partial charge on any atom is 0.390 e. The van der Waals surface area contributed by atoms with Crippen molar-refractivity contribution in [2.24, 2.45) is 4.99 Å². The Morgan fingerprint density at radius 3 is 2.08 bits per heavy atom. The van der Waals surface area contributed by atoms with Crippen LogP contribution >= 0.6 is 0 Å². The molecule has 0 bridgehead atoms. The zero-order valence-corrected chi connectivity index (χ0v) is 14.8. The summed E-state index contributed by atoms with van der Waals surface area (Å²) in [6, 6.07) is 3.48. The SMILES string of the molecule is CCNC(=NCc1cc(OC)c(OC)c(OC)c1)NCCC(F)(F)F. The molecule has 1 aromatic carbocycles. The summed E-state index contributed by atoms with van der Waals surface area (Å²) in [6.07, 6.45) is -5.14. The first-order chi connectivity index (χ1) is 11.8. The van der Waals surface area contributed by atoms with Crippen molar-refractivity contribution < 1.29 is 27.4 Å². The number of rotatable bonds is 8. The van der Waals surface area contributed by atoms with Crippen LogP contribution in [0.25, 0.3) is 0 Å². The highest BCUT2D eigenvalue weighted by Gasteiger charge is 2.26. The average Bonchev–Trinajstić information content (AvgIpc) is 2.57. The molecule has 25 heavy (non-hydrogen) atoms. The Labute approximate surface area is 145 Å². The third kappa shape index (κ3) is 6.98. The third-order valence-corrected chi connectivity index (χ3v) is 3.19. The Morgan fingerprint density at radius 2 is 1.64 bits per heavy atom. The largest absolute Gasteiger partial charge is 0.493 e. The number of halogens is 3. The lowest BCUT2D eigenvalue weighted by Crippen LogP contribution is -2.38. The summed E-state index contributed by atoms with van der Waals surface area (Å²) in [5.41, 5.74) is 0.766. The number of guanidine groups is 1. The number of aliphatic imine (C=N–C) groups is 1. The van der Waals surface area contributed by atoms with Gasteiger partial charge in [0.15, 0.2) is 17.5 Å². The number of hydrogen-bond acceptors (Lipinski definition) is 4. The maximum atomic E-state index is 12.2. The van der Waals surface area contributed by atoms with Crippen molar-refractivity contribution in [2.45, 2.75) is 26.1 Å². The highest BCUT2D eigenvalue weighted by molar-refractivity contribution is 5.79. The first-order valence-corrected chi connectivity index (χ1v) is 7.72. The van der Waals surface area contributed by atoms with Gasteiger partial charge in [0.05, 0.1) is 34.3 Å². The molecule has 0 amide bonds. The summed E-state index contributed by atoms with van der Waals surface area (Å²) in [7, 11) is 4.52. The van der Waals surface area contributed by atoms with Gasteiger partial charge in [0, 0.05) is 13.1 Å². The fourth-order valence-electron chi connectivity index (χ4n) is 2.06. The van der Waals surface area contributed by atoms with E-state index in [9.17, 15) is 13.2 Å². The van der Waals surface area contributed by atoms with Gasteiger partial charge in [-0.3, -0.25) is 0 Å². The highest BCUT2D eigenvalue weighted by Crippen LogP contribution is 2.38. The molecule has 0 saturated carbocycles. The molecule has 6 nitrogen and oxygen atoms in total. The molecular weight excluding hydrogens is 339 g/mol. The van der Waals surface area contributed by atoms with E-state index >= 15 is 0 Å². The van der Waals surface area contributed by atoms with Crippen molar-refractivity contribution in [1.29, 1.82) is 0 Å². The van der Waals surface area contributed by atoms with E-state index in [0.717, 1.165) is 5.56 Å². The van der Waals surface area contributed by atoms with Crippen LogP contribution in [0.2, 0.25) is 0 Å². The fraction of sp³-hybridized carbons (Fsp3) is 0.562. The molecule has 0 radical (unpaired) electrons. The van der Waals surface area contributed by atoms with E-state index in [1.165, 1.54) is 21.3 Å². The van der Waals surface area contributed by atoms with Gasteiger partial charge >= 0.3 is 6.18 Å². The van der Waals surface area contributed by atoms with Crippen LogP contribution in [-0.4, -0.2) is 46.6 Å². The molecule has 0 fully saturated rings. The molecule has 0 aliphatic rings. The minimum absolute atomic E-state index is 0.234. The van der Waals surface area contributed by atoms with E-state index < -0.39 is 12.6 Å². The van der Waals surface area contributed by atoms with Crippen LogP contribution in [0.4, 0.5) is 13.2 Å². The van der Waals surface area contributed by atoms with Crippen LogP contribution < -0.4 is 24.8 Å². The number of nitrogens with one attached hydrogen (secondary N) is 2. The first kappa shape index (κ1) is 20.7. The fourth-order valence-corrected chi connectivity index (χ4v) is 2.06. The van der Waals surface area contributed by atoms with Gasteiger partial charge in [-0.2, -0.15) is 13.2 Å². The van der Waals surface area contributed by atoms with Crippen LogP contribution in [0.15, 0.2) is 17.1 Å². The third-order valence-electron chi connectivity index (χ3n) is 3.19. The summed E-state index contributed by atoms with van der Waals surface area (Å²) in [6.45, 7) is 2.36. The smallest absolute Gasteiger partial charge is 0.390 e. The lowest BCUT2D eigenvalue weighted by atomic mass is 10.2. The van der Waals surface area contributed by atoms with E-state index in [2.05, 4.69) is 15.6 Å². The van der Waals surface area contributed by atoms with Crippen molar-refractivity contribution in [3.63, 3.8) is 0 Å². The lowest BCUT2D eigenvalue weighted by Gasteiger charge is -2.14. The van der Waals surface area contributed by atoms with E-state index in [1.54, 1.807) is 12.1 Å². The number of nitrogens with zero attached hydrogens (tertiary/aromatic N) is 1. The van der Waals surface area contributed by atoms with Crippen molar-refractivity contribution in [3.05, 3.63) is 17.7 Å². The molecule has 1 rings (SSSR count). The highest BCUT2D eigenvalue weighted by atomic mass is 19.4. The van der Waals surface area contributed by atoms with Gasteiger partial charge in [-0.25, -0.2) is 4.99 Å². The molecule has 0 spiro atoms. The zero-order chi connectivity index (χ0) is 18.9. The zero-order valence-electron chi connectivity index (χ0n) is 14.8. The molecule has 0 unspecified atom stereocenters. The van der Waals surface area contributed by atoms with Gasteiger partial charge in [0.2, 0.25) is 5.75 Å². The lowest BCUT2D eigenvalue weighted by molar-refractivity contribution is -0.132. The molecule has 9 heteroatoms. The maximum absolute atomic E-state index is 12.2. The second-order valence-corrected chi connectivity index (χ2v) is 5.02. The topological polar surface area (TPSA) is 64.1 Å². The molecule has 0 aliphatic heterocycles. The Bertz CT molecular complexity index is 552. The summed E-state index contributed by atoms with van der Waals surface area (Å²) in [4.78, 5) is 4.28. The Hall–Kier alpha value is -2.32. The molecule has 2 N–H and O–H groups in total. The number of benzene rings is 1. The van der Waals surface area contributed by atoms with E-state index in [1.807, 2.05) is 6.92 Å². The molecule has 1 aromatic rings. The van der Waals surface area contributed by atoms with Crippen molar-refractivity contribution in [2.75, 3.05) is 34.4 Å². The van der Waals surface area contributed by atoms with E-state index in [0.29, 0.717) is 29.8 Å². The van der Waals surface area contributed by atoms with Gasteiger partial charge in [-0.15, -0.1) is 0 Å². The number of ether oxygens (including phenoxy) is 3. The van der Waals surface area contributed by atoms with Crippen LogP contribution in [0.3, 0.4) is 0 Å². The molecule has 0 aliphatic carbocycles. The number of hydrogen-bond donors (Lipinski definition) is 2. The van der Waals surface area contributed by atoms with E-state index in [-0.39, 0.29) is 13.1 Å². The van der Waals surface area contributed by atoms with Crippen molar-refractivity contribution in [1.82, 2.24) is 10.6 Å². The second-order valence-electron chi connectivity index (χ2n) is 5.02. The Kier molecular flexibility index (Phi) is 8.17. The molecule has 0 saturated heterocycles. The van der Waals surface area contributed by atoms with Crippen LogP contribution in [0.5, 0.6) is 17.2 Å². The molecular formula is C16H24F3N3O3. The normalized spacial score (nSPS) is 11.9. The summed E-state index contributed by atoms with van der Waals surface area (Å²) >= 11 is 0. The van der Waals surface area contributed by atoms with Gasteiger partial charge in [-0.1, -0.05) is 0 Å². The van der Waals surface area contributed by atoms with Crippen LogP contribution in [-0.2, 0) is 6.54 Å². The molecule has 0 atom stereocenters. The Balaban J connectivity index is 2.87. The summed E-state index contributed by atoms with van der Waals surface area (Å²) in [5, 5.41) is 5.56. The quantitative estimate of drug-likeness (QED) is 0.549. The minimum Gasteiger partial charge on any atom is -0.493 e. The van der Waals surface area contributed by atoms with Gasteiger partial charge < -0.3 is 24.8 Å². The minimum atomic E-state index is -4.21. The number of methoxy groups -OCH3 is 3. The Morgan fingerprint density at radius 1 is 1.04 bits per heavy atom. The summed E-state index contributed by atoms with van der Waals surface area (Å²) < 4.78 is 52.5. The first-order valence-electron chi connectivity index (χ1n) is 7.72. The standard InChI is InChI=1S/C16H24F3N3O3/c1-5-20-15(21-7-6-16(17,18)19)22-10-11-8-12(23-2)14(25-4)13(9-11)24-3/h8-9H,5-7,10H2,1-4H3,(H2,20,21,22). The van der Waals surface area contributed by atoms with Gasteiger partial charge in [-0.05, 0) is 24.6 Å². The predicted molar refractivity (Wildman–Crippen MR) is 89.6 cm³/mol. The summed E-state index contributed by atoms with van der Waals surface area (Å²) in [5.74, 6) is 1.75. The molecule has 0 aromatic heterocycles. The van der Waals surface area contributed by atoms with Crippen molar-refractivity contribution in [3.8, 4) is 17.2 Å². The van der Waals surface area contributed by atoms with E-state index in [4.69, 9.17) is 14.2 Å². The molecule has 0 heterocycles. The molecule has 142 valence electrons. The van der Waals surface area contributed by atoms with Crippen molar-refractivity contribution >= 4 is 5.96 Å². The van der Waals surface area contributed by atoms with Crippen LogP contribution in [0, 0.1) is 0 Å². The van der Waals surface area contributed by atoms with Gasteiger partial charge in [0.25, 0.3) is 0 Å². The predicted octanol–water partition coefficient (Wildman–Crippen LogP) is 2.72. The van der Waals surface area contributed by atoms with Crippen LogP contribution in [0.1, 0.15) is 18.9 Å². The van der Waals surface area contributed by atoms with Gasteiger partial charge in [0.1, 0.15) is 0 Å². The number of alkyl halides is 3. The average molecular weight is 363 g/mol.